The van der Waals surface area contributed by atoms with Crippen LogP contribution in [0.2, 0.25) is 0 Å². The summed E-state index contributed by atoms with van der Waals surface area (Å²) in [4.78, 5) is 16.7. The molecule has 0 radical (unpaired) electrons. The Hall–Kier alpha value is -2.20. The predicted octanol–water partition coefficient (Wildman–Crippen LogP) is 0.247. The van der Waals surface area contributed by atoms with Crippen molar-refractivity contribution < 1.29 is 14.4 Å². The first-order valence-corrected chi connectivity index (χ1v) is 8.53. The molecule has 1 N–H and O–H groups in total. The summed E-state index contributed by atoms with van der Waals surface area (Å²) in [6.07, 6.45) is 5.06. The monoisotopic (exact) mass is 352 g/mol. The fraction of sp³-hybridized carbons (Fsp3) is 0.733. The van der Waals surface area contributed by atoms with Crippen LogP contribution in [-0.2, 0) is 16.0 Å². The zero-order valence-electron chi connectivity index (χ0n) is 14.3. The molecule has 1 aromatic rings. The van der Waals surface area contributed by atoms with Crippen molar-refractivity contribution in [3.8, 4) is 0 Å². The van der Waals surface area contributed by atoms with E-state index in [-0.39, 0.29) is 17.9 Å². The van der Waals surface area contributed by atoms with Gasteiger partial charge in [-0.1, -0.05) is 0 Å². The van der Waals surface area contributed by atoms with Crippen LogP contribution in [-0.4, -0.2) is 77.7 Å². The maximum Gasteiger partial charge on any atom is 0.306 e. The van der Waals surface area contributed by atoms with Crippen molar-refractivity contribution in [1.29, 1.82) is 0 Å². The number of rotatable bonds is 5. The van der Waals surface area contributed by atoms with Gasteiger partial charge in [0.05, 0.1) is 24.2 Å². The third kappa shape index (κ3) is 4.45. The molecule has 3 rings (SSSR count). The van der Waals surface area contributed by atoms with Gasteiger partial charge in [0.15, 0.2) is 5.96 Å². The van der Waals surface area contributed by atoms with Gasteiger partial charge >= 0.3 is 5.69 Å². The number of aliphatic imine (C=N–C) groups is 1. The van der Waals surface area contributed by atoms with E-state index in [1.165, 1.54) is 12.4 Å². The molecule has 2 unspecified atom stereocenters. The summed E-state index contributed by atoms with van der Waals surface area (Å²) >= 11 is 0. The van der Waals surface area contributed by atoms with E-state index in [9.17, 15) is 10.1 Å². The number of nitro groups is 1. The van der Waals surface area contributed by atoms with E-state index < -0.39 is 4.92 Å². The van der Waals surface area contributed by atoms with Gasteiger partial charge in [-0.25, -0.2) is 0 Å². The van der Waals surface area contributed by atoms with Gasteiger partial charge in [0.2, 0.25) is 0 Å². The van der Waals surface area contributed by atoms with Gasteiger partial charge in [0.1, 0.15) is 18.5 Å². The second-order valence-corrected chi connectivity index (χ2v) is 6.10. The lowest BCUT2D eigenvalue weighted by Gasteiger charge is -2.37. The molecular weight excluding hydrogens is 328 g/mol. The van der Waals surface area contributed by atoms with E-state index >= 15 is 0 Å². The Kier molecular flexibility index (Phi) is 5.82. The number of ether oxygens (including phenoxy) is 2. The molecule has 0 aromatic carbocycles. The lowest BCUT2D eigenvalue weighted by Crippen LogP contribution is -2.53. The topological polar surface area (TPSA) is 107 Å². The van der Waals surface area contributed by atoms with Crippen molar-refractivity contribution in [1.82, 2.24) is 20.0 Å². The lowest BCUT2D eigenvalue weighted by atomic mass is 10.1. The highest BCUT2D eigenvalue weighted by atomic mass is 16.6. The molecule has 1 aromatic heterocycles. The van der Waals surface area contributed by atoms with Gasteiger partial charge in [-0.2, -0.15) is 5.10 Å². The van der Waals surface area contributed by atoms with Crippen molar-refractivity contribution in [2.75, 3.05) is 39.9 Å². The average molecular weight is 352 g/mol. The van der Waals surface area contributed by atoms with Crippen molar-refractivity contribution >= 4 is 11.6 Å². The highest BCUT2D eigenvalue weighted by Gasteiger charge is 2.32. The van der Waals surface area contributed by atoms with E-state index in [0.717, 1.165) is 38.5 Å². The van der Waals surface area contributed by atoms with E-state index in [4.69, 9.17) is 9.47 Å². The lowest BCUT2D eigenvalue weighted by molar-refractivity contribution is -0.385. The first kappa shape index (κ1) is 17.6. The van der Waals surface area contributed by atoms with Crippen LogP contribution in [0.4, 0.5) is 5.69 Å². The highest BCUT2D eigenvalue weighted by Crippen LogP contribution is 2.21. The normalized spacial score (nSPS) is 24.5. The number of aromatic nitrogens is 2. The fourth-order valence-corrected chi connectivity index (χ4v) is 3.17. The zero-order chi connectivity index (χ0) is 17.6. The van der Waals surface area contributed by atoms with Gasteiger partial charge in [-0.3, -0.25) is 19.8 Å². The fourth-order valence-electron chi connectivity index (χ4n) is 3.17. The van der Waals surface area contributed by atoms with Crippen LogP contribution in [0.15, 0.2) is 17.4 Å². The largest absolute Gasteiger partial charge is 0.375 e. The first-order valence-electron chi connectivity index (χ1n) is 8.53. The van der Waals surface area contributed by atoms with E-state index in [1.807, 2.05) is 0 Å². The second kappa shape index (κ2) is 8.26. The number of hydrogen-bond acceptors (Lipinski definition) is 6. The van der Waals surface area contributed by atoms with Gasteiger partial charge in [-0.15, -0.1) is 0 Å². The molecule has 0 bridgehead atoms. The molecular formula is C15H24N6O4. The van der Waals surface area contributed by atoms with Crippen LogP contribution >= 0.6 is 0 Å². The molecule has 0 aliphatic carbocycles. The van der Waals surface area contributed by atoms with Gasteiger partial charge in [0.25, 0.3) is 0 Å². The molecule has 2 fully saturated rings. The predicted molar refractivity (Wildman–Crippen MR) is 90.5 cm³/mol. The molecule has 10 nitrogen and oxygen atoms in total. The third-order valence-corrected chi connectivity index (χ3v) is 4.44. The SMILES string of the molecule is CN=C(NCCn1cc([N+](=O)[O-])cn1)N1CCOC(C2CCCO2)C1. The second-order valence-electron chi connectivity index (χ2n) is 6.10. The molecule has 2 aliphatic heterocycles. The standard InChI is InChI=1S/C15H24N6O4/c1-16-15(17-4-5-20-10-12(9-18-20)21(22)23)19-6-8-25-14(11-19)13-3-2-7-24-13/h9-10,13-14H,2-8,11H2,1H3,(H,16,17). The van der Waals surface area contributed by atoms with Crippen LogP contribution in [0.1, 0.15) is 12.8 Å². The summed E-state index contributed by atoms with van der Waals surface area (Å²) in [7, 11) is 1.75. The molecule has 0 amide bonds. The van der Waals surface area contributed by atoms with Crippen molar-refractivity contribution in [3.63, 3.8) is 0 Å². The minimum absolute atomic E-state index is 0.00281. The summed E-state index contributed by atoms with van der Waals surface area (Å²) in [6.45, 7) is 4.08. The molecule has 138 valence electrons. The molecule has 0 saturated carbocycles. The molecule has 10 heteroatoms. The van der Waals surface area contributed by atoms with E-state index in [1.54, 1.807) is 11.7 Å². The molecule has 2 atom stereocenters. The quantitative estimate of drug-likeness (QED) is 0.350. The first-order chi connectivity index (χ1) is 12.2. The Morgan fingerprint density at radius 2 is 2.32 bits per heavy atom. The van der Waals surface area contributed by atoms with Gasteiger partial charge in [-0.05, 0) is 12.8 Å². The van der Waals surface area contributed by atoms with Gasteiger partial charge < -0.3 is 19.7 Å². The Labute approximate surface area is 145 Å². The van der Waals surface area contributed by atoms with Gasteiger partial charge in [0, 0.05) is 33.3 Å². The van der Waals surface area contributed by atoms with Crippen molar-refractivity contribution in [2.24, 2.45) is 4.99 Å². The van der Waals surface area contributed by atoms with Crippen LogP contribution < -0.4 is 5.32 Å². The highest BCUT2D eigenvalue weighted by molar-refractivity contribution is 5.80. The maximum absolute atomic E-state index is 10.7. The molecule has 25 heavy (non-hydrogen) atoms. The number of nitrogens with zero attached hydrogens (tertiary/aromatic N) is 5. The smallest absolute Gasteiger partial charge is 0.306 e. The summed E-state index contributed by atoms with van der Waals surface area (Å²) in [5.41, 5.74) is -0.00281. The zero-order valence-corrected chi connectivity index (χ0v) is 14.3. The maximum atomic E-state index is 10.7. The van der Waals surface area contributed by atoms with Crippen LogP contribution in [0, 0.1) is 10.1 Å². The average Bonchev–Trinajstić information content (AvgIpc) is 3.30. The van der Waals surface area contributed by atoms with Crippen LogP contribution in [0.25, 0.3) is 0 Å². The summed E-state index contributed by atoms with van der Waals surface area (Å²) in [5.74, 6) is 0.799. The number of hydrogen-bond donors (Lipinski definition) is 1. The Balaban J connectivity index is 1.48. The molecule has 3 heterocycles. The minimum Gasteiger partial charge on any atom is -0.375 e. The third-order valence-electron chi connectivity index (χ3n) is 4.44. The van der Waals surface area contributed by atoms with Crippen LogP contribution in [0.3, 0.4) is 0 Å². The molecule has 2 saturated heterocycles. The Morgan fingerprint density at radius 1 is 1.48 bits per heavy atom. The summed E-state index contributed by atoms with van der Waals surface area (Å²) < 4.78 is 13.1. The van der Waals surface area contributed by atoms with Crippen molar-refractivity contribution in [2.45, 2.75) is 31.6 Å². The number of morpholine rings is 1. The van der Waals surface area contributed by atoms with E-state index in [2.05, 4.69) is 20.3 Å². The van der Waals surface area contributed by atoms with Crippen LogP contribution in [0.5, 0.6) is 0 Å². The van der Waals surface area contributed by atoms with E-state index in [0.29, 0.717) is 19.7 Å². The molecule has 2 aliphatic rings. The summed E-state index contributed by atoms with van der Waals surface area (Å²) in [5, 5.41) is 17.9. The molecule has 0 spiro atoms. The number of guanidine groups is 1. The Morgan fingerprint density at radius 3 is 3.00 bits per heavy atom. The Bertz CT molecular complexity index is 613. The minimum atomic E-state index is -0.450. The number of nitrogens with one attached hydrogen (secondary N) is 1. The van der Waals surface area contributed by atoms with Crippen molar-refractivity contribution in [3.05, 3.63) is 22.5 Å². The summed E-state index contributed by atoms with van der Waals surface area (Å²) in [6, 6.07) is 0.